The van der Waals surface area contributed by atoms with E-state index in [1.165, 1.54) is 30.6 Å². The predicted octanol–water partition coefficient (Wildman–Crippen LogP) is 5.81. The maximum Gasteiger partial charge on any atom is 0.123 e. The number of hydrogen-bond donors (Lipinski definition) is 0. The molecular formula is C23H34O3S. The number of fused-ring (bicyclic) bond motifs is 2. The third-order valence-corrected chi connectivity index (χ3v) is 9.00. The highest BCUT2D eigenvalue weighted by molar-refractivity contribution is 7.99. The number of thioether (sulfide) groups is 1. The van der Waals surface area contributed by atoms with Crippen LogP contribution in [0.4, 0.5) is 0 Å². The first-order valence-corrected chi connectivity index (χ1v) is 11.3. The van der Waals surface area contributed by atoms with Crippen molar-refractivity contribution in [2.24, 2.45) is 22.7 Å². The van der Waals surface area contributed by atoms with Crippen molar-refractivity contribution >= 4 is 11.8 Å². The minimum absolute atomic E-state index is 0.0641. The molecule has 1 aromatic rings. The van der Waals surface area contributed by atoms with Crippen LogP contribution in [0.3, 0.4) is 0 Å². The summed E-state index contributed by atoms with van der Waals surface area (Å²) in [6, 6.07) is 6.18. The van der Waals surface area contributed by atoms with Gasteiger partial charge in [-0.15, -0.1) is 11.8 Å². The Hall–Kier alpha value is -0.870. The minimum Gasteiger partial charge on any atom is -0.497 e. The van der Waals surface area contributed by atoms with Gasteiger partial charge in [-0.2, -0.15) is 0 Å². The summed E-state index contributed by atoms with van der Waals surface area (Å²) in [5.74, 6) is 4.14. The Balaban J connectivity index is 1.59. The Kier molecular flexibility index (Phi) is 4.74. The highest BCUT2D eigenvalue weighted by Gasteiger charge is 2.69. The fourth-order valence-electron chi connectivity index (χ4n) is 6.30. The van der Waals surface area contributed by atoms with Crippen molar-refractivity contribution in [3.05, 3.63) is 18.2 Å². The van der Waals surface area contributed by atoms with E-state index < -0.39 is 0 Å². The predicted molar refractivity (Wildman–Crippen MR) is 111 cm³/mol. The first-order valence-electron chi connectivity index (χ1n) is 10.3. The van der Waals surface area contributed by atoms with Gasteiger partial charge in [-0.1, -0.05) is 27.2 Å². The fourth-order valence-corrected chi connectivity index (χ4v) is 7.77. The zero-order valence-corrected chi connectivity index (χ0v) is 18.4. The normalized spacial score (nSPS) is 39.3. The van der Waals surface area contributed by atoms with Gasteiger partial charge in [-0.05, 0) is 55.1 Å². The molecule has 2 saturated carbocycles. The molecule has 27 heavy (non-hydrogen) atoms. The lowest BCUT2D eigenvalue weighted by Crippen LogP contribution is -2.55. The average molecular weight is 391 g/mol. The highest BCUT2D eigenvalue weighted by atomic mass is 32.2. The molecule has 1 aromatic carbocycles. The zero-order valence-electron chi connectivity index (χ0n) is 17.6. The summed E-state index contributed by atoms with van der Waals surface area (Å²) >= 11 is 1.93. The Bertz CT molecular complexity index is 695. The molecule has 0 spiro atoms. The van der Waals surface area contributed by atoms with Crippen LogP contribution in [0.15, 0.2) is 23.1 Å². The summed E-state index contributed by atoms with van der Waals surface area (Å²) in [5.41, 5.74) is 0.844. The van der Waals surface area contributed by atoms with Gasteiger partial charge in [0.1, 0.15) is 11.5 Å². The maximum absolute atomic E-state index is 6.34. The quantitative estimate of drug-likeness (QED) is 0.469. The molecule has 3 aliphatic rings. The average Bonchev–Trinajstić information content (AvgIpc) is 3.29. The van der Waals surface area contributed by atoms with Gasteiger partial charge < -0.3 is 14.2 Å². The maximum atomic E-state index is 6.34. The number of benzene rings is 1. The third-order valence-electron chi connectivity index (χ3n) is 7.93. The third kappa shape index (κ3) is 3.17. The Morgan fingerprint density at radius 2 is 1.70 bits per heavy atom. The Labute approximate surface area is 168 Å². The highest BCUT2D eigenvalue weighted by Crippen LogP contribution is 2.68. The van der Waals surface area contributed by atoms with Gasteiger partial charge in [0.25, 0.3) is 0 Å². The molecule has 1 heterocycles. The van der Waals surface area contributed by atoms with E-state index in [1.54, 1.807) is 14.2 Å². The molecule has 0 bridgehead atoms. The second-order valence-corrected chi connectivity index (χ2v) is 10.9. The van der Waals surface area contributed by atoms with E-state index in [9.17, 15) is 0 Å². The van der Waals surface area contributed by atoms with Crippen molar-refractivity contribution in [2.45, 2.75) is 70.0 Å². The smallest absolute Gasteiger partial charge is 0.123 e. The number of hydrogen-bond acceptors (Lipinski definition) is 4. The molecular weight excluding hydrogens is 356 g/mol. The number of epoxide rings is 1. The summed E-state index contributed by atoms with van der Waals surface area (Å²) < 4.78 is 17.3. The van der Waals surface area contributed by atoms with Crippen molar-refractivity contribution in [2.75, 3.05) is 20.0 Å². The van der Waals surface area contributed by atoms with Gasteiger partial charge in [0.15, 0.2) is 0 Å². The molecule has 0 radical (unpaired) electrons. The molecule has 2 aliphatic carbocycles. The van der Waals surface area contributed by atoms with Crippen LogP contribution in [-0.4, -0.2) is 31.7 Å². The summed E-state index contributed by atoms with van der Waals surface area (Å²) in [4.78, 5) is 1.22. The van der Waals surface area contributed by atoms with Gasteiger partial charge in [0, 0.05) is 22.6 Å². The van der Waals surface area contributed by atoms with Crippen LogP contribution >= 0.6 is 11.8 Å². The van der Waals surface area contributed by atoms with E-state index >= 15 is 0 Å². The monoisotopic (exact) mass is 390 g/mol. The van der Waals surface area contributed by atoms with E-state index in [4.69, 9.17) is 14.2 Å². The van der Waals surface area contributed by atoms with Gasteiger partial charge in [0.2, 0.25) is 0 Å². The molecule has 5 atom stereocenters. The molecule has 3 nitrogen and oxygen atoms in total. The van der Waals surface area contributed by atoms with Crippen LogP contribution in [0.1, 0.15) is 53.4 Å². The van der Waals surface area contributed by atoms with E-state index in [2.05, 4.69) is 39.8 Å². The second kappa shape index (κ2) is 6.59. The first kappa shape index (κ1) is 19.4. The van der Waals surface area contributed by atoms with E-state index in [1.807, 2.05) is 17.8 Å². The van der Waals surface area contributed by atoms with Gasteiger partial charge in [-0.3, -0.25) is 0 Å². The number of methoxy groups -OCH3 is 2. The Morgan fingerprint density at radius 3 is 2.33 bits per heavy atom. The molecule has 1 saturated heterocycles. The van der Waals surface area contributed by atoms with Crippen LogP contribution in [0.2, 0.25) is 0 Å². The summed E-state index contributed by atoms with van der Waals surface area (Å²) in [6.45, 7) is 9.88. The molecule has 150 valence electrons. The van der Waals surface area contributed by atoms with Crippen LogP contribution in [0, 0.1) is 22.7 Å². The lowest BCUT2D eigenvalue weighted by atomic mass is 9.47. The van der Waals surface area contributed by atoms with E-state index in [0.717, 1.165) is 23.2 Å². The van der Waals surface area contributed by atoms with Crippen molar-refractivity contribution in [3.8, 4) is 11.5 Å². The van der Waals surface area contributed by atoms with Crippen molar-refractivity contribution in [1.82, 2.24) is 0 Å². The summed E-state index contributed by atoms with van der Waals surface area (Å²) in [6.07, 6.45) is 5.73. The topological polar surface area (TPSA) is 31.0 Å². The van der Waals surface area contributed by atoms with Crippen LogP contribution in [-0.2, 0) is 4.74 Å². The molecule has 3 fully saturated rings. The van der Waals surface area contributed by atoms with Crippen molar-refractivity contribution < 1.29 is 14.2 Å². The second-order valence-electron chi connectivity index (χ2n) is 9.84. The summed E-state index contributed by atoms with van der Waals surface area (Å²) in [5, 5.41) is 0. The standard InChI is InChI=1S/C23H34O3S/c1-21(2)8-7-9-22(3)18(21)13-20-23(4,26-20)19(22)14-27-17-11-15(24-5)10-16(12-17)25-6/h10-12,18-20H,7-9,13-14H2,1-6H3/t18-,19+,20-,22-,23+/m0/s1. The van der Waals surface area contributed by atoms with Crippen LogP contribution in [0.25, 0.3) is 0 Å². The lowest BCUT2D eigenvalue weighted by Gasteiger charge is -2.57. The summed E-state index contributed by atoms with van der Waals surface area (Å²) in [7, 11) is 3.42. The van der Waals surface area contributed by atoms with Crippen LogP contribution in [0.5, 0.6) is 11.5 Å². The van der Waals surface area contributed by atoms with Gasteiger partial charge in [-0.25, -0.2) is 0 Å². The molecule has 4 rings (SSSR count). The number of rotatable bonds is 5. The number of ether oxygens (including phenoxy) is 3. The SMILES string of the molecule is COc1cc(OC)cc(SC[C@@H]2[C@@]3(C)CCCC(C)(C)[C@@H]3C[C@@H]3O[C@@]32C)c1. The first-order chi connectivity index (χ1) is 12.7. The van der Waals surface area contributed by atoms with E-state index in [0.29, 0.717) is 22.9 Å². The van der Waals surface area contributed by atoms with Gasteiger partial charge >= 0.3 is 0 Å². The molecule has 4 heteroatoms. The largest absolute Gasteiger partial charge is 0.497 e. The zero-order chi connectivity index (χ0) is 19.4. The van der Waals surface area contributed by atoms with E-state index in [-0.39, 0.29) is 5.60 Å². The molecule has 0 aromatic heterocycles. The van der Waals surface area contributed by atoms with Crippen molar-refractivity contribution in [3.63, 3.8) is 0 Å². The minimum atomic E-state index is 0.0641. The molecule has 1 aliphatic heterocycles. The molecule has 0 amide bonds. The fraction of sp³-hybridized carbons (Fsp3) is 0.739. The lowest BCUT2D eigenvalue weighted by molar-refractivity contribution is -0.0687. The molecule has 0 unspecified atom stereocenters. The Morgan fingerprint density at radius 1 is 1.04 bits per heavy atom. The van der Waals surface area contributed by atoms with Crippen molar-refractivity contribution in [1.29, 1.82) is 0 Å². The van der Waals surface area contributed by atoms with Crippen LogP contribution < -0.4 is 9.47 Å². The molecule has 0 N–H and O–H groups in total. The van der Waals surface area contributed by atoms with Gasteiger partial charge in [0.05, 0.1) is 25.9 Å².